The van der Waals surface area contributed by atoms with E-state index in [-0.39, 0.29) is 18.3 Å². The maximum absolute atomic E-state index is 12.3. The minimum Gasteiger partial charge on any atom is -0.405 e. The molecular formula is C15H20F3N3O. The van der Waals surface area contributed by atoms with Gasteiger partial charge in [-0.3, -0.25) is 0 Å². The lowest BCUT2D eigenvalue weighted by molar-refractivity contribution is -0.274. The number of ether oxygens (including phenoxy) is 1. The average molecular weight is 315 g/mol. The summed E-state index contributed by atoms with van der Waals surface area (Å²) in [7, 11) is 0. The maximum Gasteiger partial charge on any atom is 0.573 e. The van der Waals surface area contributed by atoms with Crippen molar-refractivity contribution in [3.05, 3.63) is 29.8 Å². The molecule has 0 aliphatic heterocycles. The number of halogens is 3. The number of aliphatic imine (C=N–C) groups is 1. The lowest BCUT2D eigenvalue weighted by Gasteiger charge is -2.23. The van der Waals surface area contributed by atoms with Crippen molar-refractivity contribution in [3.63, 3.8) is 0 Å². The molecule has 0 radical (unpaired) electrons. The number of benzene rings is 1. The minimum absolute atomic E-state index is 0.0395. The van der Waals surface area contributed by atoms with Gasteiger partial charge in [0.05, 0.1) is 6.54 Å². The zero-order valence-electron chi connectivity index (χ0n) is 12.2. The third-order valence-electron chi connectivity index (χ3n) is 3.58. The summed E-state index contributed by atoms with van der Waals surface area (Å²) in [6.07, 6.45) is 0.928. The number of hydrogen-bond donors (Lipinski definition) is 2. The molecule has 0 amide bonds. The van der Waals surface area contributed by atoms with E-state index in [1.54, 1.807) is 12.1 Å². The molecule has 7 heteroatoms. The van der Waals surface area contributed by atoms with E-state index < -0.39 is 6.36 Å². The molecular weight excluding hydrogens is 295 g/mol. The molecule has 1 saturated carbocycles. The topological polar surface area (TPSA) is 59.6 Å². The van der Waals surface area contributed by atoms with E-state index in [2.05, 4.69) is 15.0 Å². The summed E-state index contributed by atoms with van der Waals surface area (Å²) in [5, 5.41) is 3.12. The monoisotopic (exact) mass is 315 g/mol. The summed E-state index contributed by atoms with van der Waals surface area (Å²) < 4.78 is 41.0. The van der Waals surface area contributed by atoms with Gasteiger partial charge in [-0.2, -0.15) is 0 Å². The number of nitrogens with zero attached hydrogens (tertiary/aromatic N) is 1. The molecule has 0 saturated heterocycles. The molecule has 1 aromatic carbocycles. The van der Waals surface area contributed by atoms with Gasteiger partial charge >= 0.3 is 6.36 Å². The number of nitrogens with one attached hydrogen (secondary N) is 1. The Balaban J connectivity index is 1.96. The van der Waals surface area contributed by atoms with Gasteiger partial charge in [-0.05, 0) is 18.9 Å². The van der Waals surface area contributed by atoms with Crippen molar-refractivity contribution in [1.29, 1.82) is 0 Å². The molecule has 4 nitrogen and oxygen atoms in total. The van der Waals surface area contributed by atoms with Crippen LogP contribution in [0.1, 0.15) is 37.7 Å². The Bertz CT molecular complexity index is 511. The van der Waals surface area contributed by atoms with Crippen LogP contribution in [0.3, 0.4) is 0 Å². The Morgan fingerprint density at radius 3 is 2.59 bits per heavy atom. The van der Waals surface area contributed by atoms with E-state index in [1.807, 2.05) is 0 Å². The molecule has 0 unspecified atom stereocenters. The second kappa shape index (κ2) is 7.38. The lowest BCUT2D eigenvalue weighted by Crippen LogP contribution is -2.41. The SMILES string of the molecule is NC(=NCc1ccccc1OC(F)(F)F)NC1CCCCC1. The van der Waals surface area contributed by atoms with Crippen molar-refractivity contribution in [2.24, 2.45) is 10.7 Å². The molecule has 0 spiro atoms. The summed E-state index contributed by atoms with van der Waals surface area (Å²) in [5.74, 6) is 0.0120. The fourth-order valence-electron chi connectivity index (χ4n) is 2.53. The van der Waals surface area contributed by atoms with Gasteiger partial charge in [0.1, 0.15) is 5.75 Å². The van der Waals surface area contributed by atoms with Crippen LogP contribution in [0, 0.1) is 0 Å². The minimum atomic E-state index is -4.72. The highest BCUT2D eigenvalue weighted by atomic mass is 19.4. The largest absolute Gasteiger partial charge is 0.573 e. The van der Waals surface area contributed by atoms with Crippen molar-refractivity contribution >= 4 is 5.96 Å². The van der Waals surface area contributed by atoms with Gasteiger partial charge in [-0.1, -0.05) is 37.5 Å². The third kappa shape index (κ3) is 5.46. The molecule has 0 aromatic heterocycles. The second-order valence-electron chi connectivity index (χ2n) is 5.34. The highest BCUT2D eigenvalue weighted by Crippen LogP contribution is 2.26. The van der Waals surface area contributed by atoms with Crippen LogP contribution in [0.4, 0.5) is 13.2 Å². The standard InChI is InChI=1S/C15H20F3N3O/c16-15(17,18)22-13-9-5-4-6-11(13)10-20-14(19)21-12-7-2-1-3-8-12/h4-6,9,12H,1-3,7-8,10H2,(H3,19,20,21). The van der Waals surface area contributed by atoms with Crippen molar-refractivity contribution in [2.75, 3.05) is 0 Å². The summed E-state index contributed by atoms with van der Waals surface area (Å²) in [6.45, 7) is 0.0395. The molecule has 1 aromatic rings. The Kier molecular flexibility index (Phi) is 5.51. The first-order valence-corrected chi connectivity index (χ1v) is 7.34. The van der Waals surface area contributed by atoms with Gasteiger partial charge in [-0.15, -0.1) is 13.2 Å². The van der Waals surface area contributed by atoms with Crippen LogP contribution in [-0.4, -0.2) is 18.4 Å². The first-order chi connectivity index (χ1) is 10.4. The molecule has 0 bridgehead atoms. The van der Waals surface area contributed by atoms with Crippen LogP contribution in [0.25, 0.3) is 0 Å². The van der Waals surface area contributed by atoms with Crippen LogP contribution in [0.2, 0.25) is 0 Å². The average Bonchev–Trinajstić information content (AvgIpc) is 2.46. The second-order valence-corrected chi connectivity index (χ2v) is 5.34. The summed E-state index contributed by atoms with van der Waals surface area (Å²) in [6, 6.07) is 6.23. The van der Waals surface area contributed by atoms with E-state index >= 15 is 0 Å². The normalized spacial score (nSPS) is 17.3. The van der Waals surface area contributed by atoms with Gasteiger partial charge < -0.3 is 15.8 Å². The van der Waals surface area contributed by atoms with Gasteiger partial charge in [-0.25, -0.2) is 4.99 Å². The maximum atomic E-state index is 12.3. The third-order valence-corrected chi connectivity index (χ3v) is 3.58. The van der Waals surface area contributed by atoms with Crippen molar-refractivity contribution in [1.82, 2.24) is 5.32 Å². The fourth-order valence-corrected chi connectivity index (χ4v) is 2.53. The van der Waals surface area contributed by atoms with Crippen LogP contribution in [0.5, 0.6) is 5.75 Å². The van der Waals surface area contributed by atoms with Crippen LogP contribution in [-0.2, 0) is 6.54 Å². The Morgan fingerprint density at radius 2 is 1.91 bits per heavy atom. The van der Waals surface area contributed by atoms with E-state index in [1.165, 1.54) is 18.6 Å². The van der Waals surface area contributed by atoms with E-state index in [0.29, 0.717) is 11.6 Å². The summed E-state index contributed by atoms with van der Waals surface area (Å²) in [5.41, 5.74) is 6.15. The molecule has 3 N–H and O–H groups in total. The number of nitrogens with two attached hydrogens (primary N) is 1. The van der Waals surface area contributed by atoms with Crippen LogP contribution < -0.4 is 15.8 Å². The van der Waals surface area contributed by atoms with Crippen molar-refractivity contribution in [3.8, 4) is 5.75 Å². The molecule has 22 heavy (non-hydrogen) atoms. The van der Waals surface area contributed by atoms with Gasteiger partial charge in [0.25, 0.3) is 0 Å². The zero-order valence-corrected chi connectivity index (χ0v) is 12.2. The summed E-state index contributed by atoms with van der Waals surface area (Å²) in [4.78, 5) is 4.12. The highest BCUT2D eigenvalue weighted by Gasteiger charge is 2.31. The quantitative estimate of drug-likeness (QED) is 0.662. The number of rotatable bonds is 4. The molecule has 1 aliphatic rings. The first kappa shape index (κ1) is 16.5. The predicted molar refractivity (Wildman–Crippen MR) is 78.5 cm³/mol. The van der Waals surface area contributed by atoms with E-state index in [4.69, 9.17) is 5.73 Å². The molecule has 1 fully saturated rings. The molecule has 1 aliphatic carbocycles. The molecule has 122 valence electrons. The Labute approximate surface area is 127 Å². The number of hydrogen-bond acceptors (Lipinski definition) is 2. The van der Waals surface area contributed by atoms with Gasteiger partial charge in [0.2, 0.25) is 0 Å². The van der Waals surface area contributed by atoms with Gasteiger partial charge in [0, 0.05) is 11.6 Å². The highest BCUT2D eigenvalue weighted by molar-refractivity contribution is 5.78. The van der Waals surface area contributed by atoms with E-state index in [9.17, 15) is 13.2 Å². The van der Waals surface area contributed by atoms with Crippen LogP contribution >= 0.6 is 0 Å². The number of guanidine groups is 1. The smallest absolute Gasteiger partial charge is 0.405 e. The number of alkyl halides is 3. The number of para-hydroxylation sites is 1. The van der Waals surface area contributed by atoms with Crippen molar-refractivity contribution in [2.45, 2.75) is 51.1 Å². The molecule has 2 rings (SSSR count). The first-order valence-electron chi connectivity index (χ1n) is 7.34. The predicted octanol–water partition coefficient (Wildman–Crippen LogP) is 3.32. The summed E-state index contributed by atoms with van der Waals surface area (Å²) >= 11 is 0. The van der Waals surface area contributed by atoms with Crippen molar-refractivity contribution < 1.29 is 17.9 Å². The molecule has 0 atom stereocenters. The molecule has 0 heterocycles. The van der Waals surface area contributed by atoms with Crippen LogP contribution in [0.15, 0.2) is 29.3 Å². The Hall–Kier alpha value is -1.92. The van der Waals surface area contributed by atoms with E-state index in [0.717, 1.165) is 25.7 Å². The zero-order chi connectivity index (χ0) is 16.0. The fraction of sp³-hybridized carbons (Fsp3) is 0.533. The van der Waals surface area contributed by atoms with Gasteiger partial charge in [0.15, 0.2) is 5.96 Å². The lowest BCUT2D eigenvalue weighted by atomic mass is 9.96. The Morgan fingerprint density at radius 1 is 1.23 bits per heavy atom.